The quantitative estimate of drug-likeness (QED) is 0.768. The zero-order valence-electron chi connectivity index (χ0n) is 10.9. The molecule has 4 nitrogen and oxygen atoms in total. The molecule has 1 heterocycles. The van der Waals surface area contributed by atoms with Gasteiger partial charge in [0.2, 0.25) is 0 Å². The maximum Gasteiger partial charge on any atom is 0.122 e. The predicted octanol–water partition coefficient (Wildman–Crippen LogP) is 0.415. The Morgan fingerprint density at radius 2 is 2.33 bits per heavy atom. The molecule has 1 aliphatic heterocycles. The summed E-state index contributed by atoms with van der Waals surface area (Å²) in [7, 11) is 2.01. The highest BCUT2D eigenvalue weighted by molar-refractivity contribution is 5.39. The summed E-state index contributed by atoms with van der Waals surface area (Å²) < 4.78 is 5.49. The van der Waals surface area contributed by atoms with Crippen molar-refractivity contribution in [1.29, 1.82) is 0 Å². The van der Waals surface area contributed by atoms with Gasteiger partial charge in [-0.25, -0.2) is 0 Å². The van der Waals surface area contributed by atoms with Crippen molar-refractivity contribution in [1.82, 2.24) is 4.90 Å². The van der Waals surface area contributed by atoms with Crippen molar-refractivity contribution in [2.45, 2.75) is 18.9 Å². The second kappa shape index (κ2) is 6.18. The minimum absolute atomic E-state index is 0.320. The maximum absolute atomic E-state index is 9.47. The number of fused-ring (bicyclic) bond motifs is 1. The van der Waals surface area contributed by atoms with Gasteiger partial charge in [-0.2, -0.15) is 0 Å². The van der Waals surface area contributed by atoms with Gasteiger partial charge in [0.1, 0.15) is 5.75 Å². The number of benzene rings is 1. The molecule has 1 aliphatic rings. The maximum atomic E-state index is 9.47. The summed E-state index contributed by atoms with van der Waals surface area (Å²) in [5.41, 5.74) is 8.04. The first-order valence-electron chi connectivity index (χ1n) is 6.50. The van der Waals surface area contributed by atoms with Gasteiger partial charge in [-0.3, -0.25) is 0 Å². The second-order valence-corrected chi connectivity index (χ2v) is 4.94. The molecule has 0 spiro atoms. The van der Waals surface area contributed by atoms with Crippen molar-refractivity contribution in [2.75, 3.05) is 33.3 Å². The van der Waals surface area contributed by atoms with E-state index in [0.717, 1.165) is 31.7 Å². The van der Waals surface area contributed by atoms with Gasteiger partial charge in [0.05, 0.1) is 12.7 Å². The molecule has 0 fully saturated rings. The molecule has 0 saturated heterocycles. The van der Waals surface area contributed by atoms with Crippen LogP contribution in [0.4, 0.5) is 0 Å². The molecule has 0 saturated carbocycles. The third kappa shape index (κ3) is 3.45. The molecule has 4 heteroatoms. The smallest absolute Gasteiger partial charge is 0.122 e. The van der Waals surface area contributed by atoms with Gasteiger partial charge in [-0.05, 0) is 30.7 Å². The van der Waals surface area contributed by atoms with Gasteiger partial charge in [0, 0.05) is 26.1 Å². The summed E-state index contributed by atoms with van der Waals surface area (Å²) >= 11 is 0. The van der Waals surface area contributed by atoms with Crippen LogP contribution in [0.1, 0.15) is 11.1 Å². The fraction of sp³-hybridized carbons (Fsp3) is 0.571. The number of rotatable bonds is 6. The number of aliphatic hydroxyl groups excluding tert-OH is 1. The van der Waals surface area contributed by atoms with E-state index >= 15 is 0 Å². The Kier molecular flexibility index (Phi) is 4.58. The van der Waals surface area contributed by atoms with Crippen LogP contribution in [0.2, 0.25) is 0 Å². The topological polar surface area (TPSA) is 58.7 Å². The number of likely N-dealkylation sites (N-methyl/N-ethyl adjacent to an activating group) is 1. The lowest BCUT2D eigenvalue weighted by atomic mass is 10.1. The summed E-state index contributed by atoms with van der Waals surface area (Å²) in [6.45, 7) is 2.68. The first-order chi connectivity index (χ1) is 8.69. The van der Waals surface area contributed by atoms with Gasteiger partial charge >= 0.3 is 0 Å². The van der Waals surface area contributed by atoms with E-state index in [1.807, 2.05) is 7.05 Å². The lowest BCUT2D eigenvalue weighted by Crippen LogP contribution is -2.35. The summed E-state index contributed by atoms with van der Waals surface area (Å²) in [5.74, 6) is 1.03. The molecule has 0 radical (unpaired) electrons. The van der Waals surface area contributed by atoms with E-state index in [4.69, 9.17) is 10.5 Å². The molecule has 1 atom stereocenters. The van der Waals surface area contributed by atoms with Crippen LogP contribution in [-0.4, -0.2) is 49.4 Å². The van der Waals surface area contributed by atoms with Crippen LogP contribution in [0.5, 0.6) is 5.75 Å². The zero-order chi connectivity index (χ0) is 13.0. The van der Waals surface area contributed by atoms with Crippen molar-refractivity contribution in [2.24, 2.45) is 5.73 Å². The molecule has 3 N–H and O–H groups in total. The Hall–Kier alpha value is -1.10. The summed E-state index contributed by atoms with van der Waals surface area (Å²) in [5, 5.41) is 9.47. The summed E-state index contributed by atoms with van der Waals surface area (Å²) in [4.78, 5) is 2.11. The SMILES string of the molecule is CN(CCc1ccc2c(c1)CCO2)CC(O)CN. The number of ether oxygens (including phenoxy) is 1. The van der Waals surface area contributed by atoms with Crippen LogP contribution in [-0.2, 0) is 12.8 Å². The first-order valence-corrected chi connectivity index (χ1v) is 6.50. The molecule has 0 amide bonds. The van der Waals surface area contributed by atoms with E-state index in [-0.39, 0.29) is 0 Å². The van der Waals surface area contributed by atoms with E-state index in [1.54, 1.807) is 0 Å². The molecule has 2 rings (SSSR count). The summed E-state index contributed by atoms with van der Waals surface area (Å²) in [6, 6.07) is 6.42. The average molecular weight is 250 g/mol. The molecule has 18 heavy (non-hydrogen) atoms. The Labute approximate surface area is 108 Å². The van der Waals surface area contributed by atoms with E-state index in [2.05, 4.69) is 23.1 Å². The molecule has 1 aromatic carbocycles. The van der Waals surface area contributed by atoms with Crippen LogP contribution >= 0.6 is 0 Å². The van der Waals surface area contributed by atoms with Crippen molar-refractivity contribution in [3.05, 3.63) is 29.3 Å². The molecule has 0 bridgehead atoms. The fourth-order valence-corrected chi connectivity index (χ4v) is 2.24. The molecule has 100 valence electrons. The van der Waals surface area contributed by atoms with Gasteiger partial charge in [0.15, 0.2) is 0 Å². The third-order valence-electron chi connectivity index (χ3n) is 3.33. The van der Waals surface area contributed by atoms with E-state index in [9.17, 15) is 5.11 Å². The highest BCUT2D eigenvalue weighted by Gasteiger charge is 2.12. The Morgan fingerprint density at radius 3 is 3.11 bits per heavy atom. The minimum Gasteiger partial charge on any atom is -0.493 e. The molecule has 0 aliphatic carbocycles. The number of aliphatic hydroxyl groups is 1. The van der Waals surface area contributed by atoms with Crippen LogP contribution < -0.4 is 10.5 Å². The Morgan fingerprint density at radius 1 is 1.50 bits per heavy atom. The average Bonchev–Trinajstić information content (AvgIpc) is 2.83. The fourth-order valence-electron chi connectivity index (χ4n) is 2.24. The van der Waals surface area contributed by atoms with E-state index in [1.165, 1.54) is 11.1 Å². The number of nitrogens with two attached hydrogens (primary N) is 1. The normalized spacial score (nSPS) is 15.6. The largest absolute Gasteiger partial charge is 0.493 e. The van der Waals surface area contributed by atoms with Crippen LogP contribution in [0, 0.1) is 0 Å². The number of hydrogen-bond donors (Lipinski definition) is 2. The zero-order valence-corrected chi connectivity index (χ0v) is 10.9. The van der Waals surface area contributed by atoms with Crippen molar-refractivity contribution >= 4 is 0 Å². The second-order valence-electron chi connectivity index (χ2n) is 4.94. The van der Waals surface area contributed by atoms with Gasteiger partial charge in [-0.1, -0.05) is 12.1 Å². The minimum atomic E-state index is -0.427. The van der Waals surface area contributed by atoms with E-state index < -0.39 is 6.10 Å². The monoisotopic (exact) mass is 250 g/mol. The van der Waals surface area contributed by atoms with Gasteiger partial charge in [-0.15, -0.1) is 0 Å². The highest BCUT2D eigenvalue weighted by Crippen LogP contribution is 2.25. The van der Waals surface area contributed by atoms with Crippen molar-refractivity contribution < 1.29 is 9.84 Å². The Balaban J connectivity index is 1.83. The van der Waals surface area contributed by atoms with Crippen LogP contribution in [0.3, 0.4) is 0 Å². The first kappa shape index (κ1) is 13.3. The standard InChI is InChI=1S/C14H22N2O2/c1-16(10-13(17)9-15)6-4-11-2-3-14-12(8-11)5-7-18-14/h2-3,8,13,17H,4-7,9-10,15H2,1H3. The molecule has 1 aromatic rings. The molecule has 1 unspecified atom stereocenters. The highest BCUT2D eigenvalue weighted by atomic mass is 16.5. The van der Waals surface area contributed by atoms with Crippen molar-refractivity contribution in [3.8, 4) is 5.75 Å². The Bertz CT molecular complexity index is 395. The van der Waals surface area contributed by atoms with Gasteiger partial charge < -0.3 is 20.5 Å². The van der Waals surface area contributed by atoms with Crippen LogP contribution in [0.15, 0.2) is 18.2 Å². The summed E-state index contributed by atoms with van der Waals surface area (Å²) in [6.07, 6.45) is 1.58. The number of hydrogen-bond acceptors (Lipinski definition) is 4. The third-order valence-corrected chi connectivity index (χ3v) is 3.33. The van der Waals surface area contributed by atoms with Crippen LogP contribution in [0.25, 0.3) is 0 Å². The molecule has 0 aromatic heterocycles. The molecular weight excluding hydrogens is 228 g/mol. The van der Waals surface area contributed by atoms with Gasteiger partial charge in [0.25, 0.3) is 0 Å². The predicted molar refractivity (Wildman–Crippen MR) is 71.9 cm³/mol. The lowest BCUT2D eigenvalue weighted by molar-refractivity contribution is 0.133. The lowest BCUT2D eigenvalue weighted by Gasteiger charge is -2.19. The van der Waals surface area contributed by atoms with Crippen molar-refractivity contribution in [3.63, 3.8) is 0 Å². The van der Waals surface area contributed by atoms with E-state index in [0.29, 0.717) is 13.1 Å². The molecular formula is C14H22N2O2. The number of nitrogens with zero attached hydrogens (tertiary/aromatic N) is 1.